The average molecular weight is 370 g/mol. The molecule has 1 N–H and O–H groups in total. The second kappa shape index (κ2) is 12.3. The number of ether oxygens (including phenoxy) is 2. The van der Waals surface area contributed by atoms with Crippen molar-refractivity contribution in [3.63, 3.8) is 0 Å². The first-order chi connectivity index (χ1) is 13.2. The minimum absolute atomic E-state index is 0.0839. The number of unbranched alkanes of at least 4 members (excludes halogenated alkanes) is 4. The first-order valence-corrected chi connectivity index (χ1v) is 10.4. The maximum absolute atomic E-state index is 5.98. The van der Waals surface area contributed by atoms with Gasteiger partial charge in [0.2, 0.25) is 0 Å². The van der Waals surface area contributed by atoms with Crippen molar-refractivity contribution in [1.29, 1.82) is 0 Å². The summed E-state index contributed by atoms with van der Waals surface area (Å²) in [6.45, 7) is 8.02. The standard InChI is InChI=1S/C24H35NO2/c1-4-6-7-8-9-17-26-24-12-10-11-22(18-24)25-19-20(3)27-23-15-13-21(5-2)14-16-23/h10-16,18,20,25H,4-9,17,19H2,1-3H3/t20-/m1/s1. The fourth-order valence-electron chi connectivity index (χ4n) is 2.93. The summed E-state index contributed by atoms with van der Waals surface area (Å²) < 4.78 is 11.9. The molecule has 1 atom stereocenters. The van der Waals surface area contributed by atoms with E-state index in [9.17, 15) is 0 Å². The third-order valence-electron chi connectivity index (χ3n) is 4.61. The zero-order valence-electron chi connectivity index (χ0n) is 17.2. The van der Waals surface area contributed by atoms with Crippen LogP contribution >= 0.6 is 0 Å². The average Bonchev–Trinajstić information content (AvgIpc) is 2.70. The normalized spacial score (nSPS) is 11.8. The number of anilines is 1. The largest absolute Gasteiger partial charge is 0.494 e. The van der Waals surface area contributed by atoms with E-state index >= 15 is 0 Å². The Labute approximate surface area is 165 Å². The molecule has 2 rings (SSSR count). The lowest BCUT2D eigenvalue weighted by atomic mass is 10.2. The van der Waals surface area contributed by atoms with Crippen LogP contribution in [-0.2, 0) is 6.42 Å². The number of hydrogen-bond donors (Lipinski definition) is 1. The Hall–Kier alpha value is -2.16. The highest BCUT2D eigenvalue weighted by atomic mass is 16.5. The number of aryl methyl sites for hydroxylation is 1. The molecule has 0 aliphatic carbocycles. The lowest BCUT2D eigenvalue weighted by Crippen LogP contribution is -2.22. The van der Waals surface area contributed by atoms with Gasteiger partial charge in [0.1, 0.15) is 17.6 Å². The third kappa shape index (κ3) is 8.38. The van der Waals surface area contributed by atoms with Crippen molar-refractivity contribution in [3.05, 3.63) is 54.1 Å². The van der Waals surface area contributed by atoms with Crippen molar-refractivity contribution >= 4 is 5.69 Å². The van der Waals surface area contributed by atoms with Crippen LogP contribution in [0.25, 0.3) is 0 Å². The predicted molar refractivity (Wildman–Crippen MR) is 115 cm³/mol. The van der Waals surface area contributed by atoms with Gasteiger partial charge in [0.05, 0.1) is 13.2 Å². The summed E-state index contributed by atoms with van der Waals surface area (Å²) in [5.41, 5.74) is 2.39. The molecule has 0 saturated carbocycles. The molecule has 3 heteroatoms. The molecule has 0 aliphatic heterocycles. The van der Waals surface area contributed by atoms with E-state index in [1.807, 2.05) is 24.3 Å². The molecule has 0 saturated heterocycles. The predicted octanol–water partition coefficient (Wildman–Crippen LogP) is 6.48. The van der Waals surface area contributed by atoms with Crippen LogP contribution in [0.2, 0.25) is 0 Å². The summed E-state index contributed by atoms with van der Waals surface area (Å²) >= 11 is 0. The molecule has 0 unspecified atom stereocenters. The van der Waals surface area contributed by atoms with Crippen LogP contribution in [-0.4, -0.2) is 19.3 Å². The molecule has 0 amide bonds. The van der Waals surface area contributed by atoms with Crippen LogP contribution in [0.1, 0.15) is 58.4 Å². The summed E-state index contributed by atoms with van der Waals surface area (Å²) in [5.74, 6) is 1.85. The highest BCUT2D eigenvalue weighted by molar-refractivity contribution is 5.48. The van der Waals surface area contributed by atoms with Crippen LogP contribution in [0.15, 0.2) is 48.5 Å². The fraction of sp³-hybridized carbons (Fsp3) is 0.500. The summed E-state index contributed by atoms with van der Waals surface area (Å²) in [5, 5.41) is 3.44. The van der Waals surface area contributed by atoms with E-state index in [0.717, 1.165) is 43.2 Å². The van der Waals surface area contributed by atoms with Crippen molar-refractivity contribution in [2.75, 3.05) is 18.5 Å². The minimum atomic E-state index is 0.0839. The molecule has 0 fully saturated rings. The molecule has 148 valence electrons. The van der Waals surface area contributed by atoms with Gasteiger partial charge in [-0.15, -0.1) is 0 Å². The zero-order chi connectivity index (χ0) is 19.3. The summed E-state index contributed by atoms with van der Waals surface area (Å²) in [6, 6.07) is 16.5. The molecule has 0 heterocycles. The van der Waals surface area contributed by atoms with Crippen molar-refractivity contribution in [2.45, 2.75) is 65.4 Å². The van der Waals surface area contributed by atoms with Gasteiger partial charge in [0.25, 0.3) is 0 Å². The summed E-state index contributed by atoms with van der Waals surface area (Å²) in [4.78, 5) is 0. The van der Waals surface area contributed by atoms with Crippen molar-refractivity contribution < 1.29 is 9.47 Å². The quantitative estimate of drug-likeness (QED) is 0.410. The van der Waals surface area contributed by atoms with Gasteiger partial charge in [0, 0.05) is 11.8 Å². The Bertz CT molecular complexity index is 639. The number of rotatable bonds is 13. The Kier molecular flexibility index (Phi) is 9.61. The summed E-state index contributed by atoms with van der Waals surface area (Å²) in [6.07, 6.45) is 7.41. The molecular weight excluding hydrogens is 334 g/mol. The lowest BCUT2D eigenvalue weighted by molar-refractivity contribution is 0.234. The van der Waals surface area contributed by atoms with Crippen LogP contribution in [0.4, 0.5) is 5.69 Å². The zero-order valence-corrected chi connectivity index (χ0v) is 17.2. The second-order valence-corrected chi connectivity index (χ2v) is 7.10. The SMILES string of the molecule is CCCCCCCOc1cccc(NC[C@@H](C)Oc2ccc(CC)cc2)c1. The van der Waals surface area contributed by atoms with E-state index in [0.29, 0.717) is 0 Å². The Morgan fingerprint density at radius 2 is 1.67 bits per heavy atom. The van der Waals surface area contributed by atoms with E-state index in [1.165, 1.54) is 31.2 Å². The molecule has 27 heavy (non-hydrogen) atoms. The Morgan fingerprint density at radius 1 is 0.889 bits per heavy atom. The van der Waals surface area contributed by atoms with Crippen LogP contribution in [0.3, 0.4) is 0 Å². The third-order valence-corrected chi connectivity index (χ3v) is 4.61. The number of nitrogens with one attached hydrogen (secondary N) is 1. The highest BCUT2D eigenvalue weighted by Crippen LogP contribution is 2.19. The smallest absolute Gasteiger partial charge is 0.121 e. The Morgan fingerprint density at radius 3 is 2.41 bits per heavy atom. The van der Waals surface area contributed by atoms with E-state index < -0.39 is 0 Å². The topological polar surface area (TPSA) is 30.5 Å². The molecule has 2 aromatic rings. The van der Waals surface area contributed by atoms with Crippen LogP contribution < -0.4 is 14.8 Å². The van der Waals surface area contributed by atoms with E-state index in [1.54, 1.807) is 0 Å². The number of hydrogen-bond acceptors (Lipinski definition) is 3. The maximum atomic E-state index is 5.98. The van der Waals surface area contributed by atoms with Gasteiger partial charge in [-0.2, -0.15) is 0 Å². The van der Waals surface area contributed by atoms with Crippen LogP contribution in [0.5, 0.6) is 11.5 Å². The molecule has 0 aliphatic rings. The highest BCUT2D eigenvalue weighted by Gasteiger charge is 2.05. The molecule has 2 aromatic carbocycles. The molecule has 0 aromatic heterocycles. The summed E-state index contributed by atoms with van der Waals surface area (Å²) in [7, 11) is 0. The van der Waals surface area contributed by atoms with Gasteiger partial charge in [0.15, 0.2) is 0 Å². The van der Waals surface area contributed by atoms with Gasteiger partial charge in [-0.25, -0.2) is 0 Å². The molecule has 0 radical (unpaired) electrons. The molecule has 3 nitrogen and oxygen atoms in total. The first-order valence-electron chi connectivity index (χ1n) is 10.4. The molecule has 0 spiro atoms. The van der Waals surface area contributed by atoms with Crippen molar-refractivity contribution in [3.8, 4) is 11.5 Å². The van der Waals surface area contributed by atoms with Gasteiger partial charge in [-0.05, 0) is 49.6 Å². The van der Waals surface area contributed by atoms with E-state index in [2.05, 4.69) is 50.4 Å². The van der Waals surface area contributed by atoms with Gasteiger partial charge >= 0.3 is 0 Å². The first kappa shape index (κ1) is 21.1. The van der Waals surface area contributed by atoms with Crippen molar-refractivity contribution in [2.24, 2.45) is 0 Å². The minimum Gasteiger partial charge on any atom is -0.494 e. The van der Waals surface area contributed by atoms with Crippen molar-refractivity contribution in [1.82, 2.24) is 0 Å². The second-order valence-electron chi connectivity index (χ2n) is 7.10. The molecule has 0 bridgehead atoms. The molecular formula is C24H35NO2. The number of benzene rings is 2. The van der Waals surface area contributed by atoms with Gasteiger partial charge < -0.3 is 14.8 Å². The van der Waals surface area contributed by atoms with E-state index in [-0.39, 0.29) is 6.10 Å². The Balaban J connectivity index is 1.71. The van der Waals surface area contributed by atoms with E-state index in [4.69, 9.17) is 9.47 Å². The lowest BCUT2D eigenvalue weighted by Gasteiger charge is -2.17. The van der Waals surface area contributed by atoms with Crippen LogP contribution in [0, 0.1) is 0 Å². The fourth-order valence-corrected chi connectivity index (χ4v) is 2.93. The monoisotopic (exact) mass is 369 g/mol. The maximum Gasteiger partial charge on any atom is 0.121 e. The van der Waals surface area contributed by atoms with Gasteiger partial charge in [-0.3, -0.25) is 0 Å². The van der Waals surface area contributed by atoms with Gasteiger partial charge in [-0.1, -0.05) is 57.7 Å².